The number of hydrogen-bond acceptors (Lipinski definition) is 4. The lowest BCUT2D eigenvalue weighted by molar-refractivity contribution is 0.102. The largest absolute Gasteiger partial charge is 0.464 e. The highest BCUT2D eigenvalue weighted by Crippen LogP contribution is 2.23. The van der Waals surface area contributed by atoms with Gasteiger partial charge in [-0.05, 0) is 6.07 Å². The van der Waals surface area contributed by atoms with Gasteiger partial charge in [0.15, 0.2) is 15.6 Å². The lowest BCUT2D eigenvalue weighted by Gasteiger charge is -2.03. The van der Waals surface area contributed by atoms with Crippen molar-refractivity contribution < 1.29 is 17.6 Å². The van der Waals surface area contributed by atoms with Crippen LogP contribution in [0.25, 0.3) is 11.0 Å². The van der Waals surface area contributed by atoms with Crippen LogP contribution in [0.3, 0.4) is 0 Å². The zero-order chi connectivity index (χ0) is 15.6. The summed E-state index contributed by atoms with van der Waals surface area (Å²) >= 11 is 0. The molecular formula is C17H14O4S. The molecule has 0 aliphatic carbocycles. The van der Waals surface area contributed by atoms with Gasteiger partial charge in [-0.3, -0.25) is 4.79 Å². The smallest absolute Gasteiger partial charge is 0.177 e. The lowest BCUT2D eigenvalue weighted by atomic mass is 10.2. The molecule has 4 nitrogen and oxygen atoms in total. The number of fused-ring (bicyclic) bond motifs is 1. The summed E-state index contributed by atoms with van der Waals surface area (Å²) < 4.78 is 29.9. The number of ketones is 1. The maximum atomic E-state index is 12.3. The monoisotopic (exact) mass is 314 g/mol. The summed E-state index contributed by atoms with van der Waals surface area (Å²) in [5.74, 6) is -1.10. The average molecular weight is 314 g/mol. The van der Waals surface area contributed by atoms with Crippen molar-refractivity contribution in [3.05, 3.63) is 72.0 Å². The van der Waals surface area contributed by atoms with E-state index in [9.17, 15) is 13.2 Å². The second kappa shape index (κ2) is 5.77. The standard InChI is InChI=1S/C17H14O4S/c18-16(13-6-2-1-3-7-13)12-22(19,20)11-14-10-21-17-9-5-4-8-15(14)17/h1-10H,11-12H2. The summed E-state index contributed by atoms with van der Waals surface area (Å²) in [5, 5.41) is 0.762. The van der Waals surface area contributed by atoms with Gasteiger partial charge in [-0.15, -0.1) is 0 Å². The third kappa shape index (κ3) is 3.09. The van der Waals surface area contributed by atoms with Gasteiger partial charge in [0.05, 0.1) is 12.0 Å². The van der Waals surface area contributed by atoms with E-state index < -0.39 is 21.4 Å². The van der Waals surface area contributed by atoms with Crippen molar-refractivity contribution in [2.45, 2.75) is 5.75 Å². The number of rotatable bonds is 5. The minimum Gasteiger partial charge on any atom is -0.464 e. The summed E-state index contributed by atoms with van der Waals surface area (Å²) in [4.78, 5) is 12.0. The predicted molar refractivity (Wildman–Crippen MR) is 84.5 cm³/mol. The van der Waals surface area contributed by atoms with E-state index >= 15 is 0 Å². The number of sulfone groups is 1. The molecule has 2 aromatic carbocycles. The quantitative estimate of drug-likeness (QED) is 0.678. The highest BCUT2D eigenvalue weighted by molar-refractivity contribution is 7.91. The van der Waals surface area contributed by atoms with Crippen LogP contribution in [0.15, 0.2) is 65.3 Å². The van der Waals surface area contributed by atoms with Crippen LogP contribution in [0.4, 0.5) is 0 Å². The number of hydrogen-bond donors (Lipinski definition) is 0. The molecule has 112 valence electrons. The first-order valence-electron chi connectivity index (χ1n) is 6.79. The number of carbonyl (C=O) groups excluding carboxylic acids is 1. The molecule has 0 amide bonds. The van der Waals surface area contributed by atoms with Gasteiger partial charge < -0.3 is 4.42 Å². The van der Waals surface area contributed by atoms with Crippen molar-refractivity contribution in [3.63, 3.8) is 0 Å². The summed E-state index contributed by atoms with van der Waals surface area (Å²) in [5.41, 5.74) is 1.63. The zero-order valence-electron chi connectivity index (χ0n) is 11.7. The Morgan fingerprint density at radius 3 is 2.41 bits per heavy atom. The Bertz CT molecular complexity index is 908. The molecule has 0 bridgehead atoms. The lowest BCUT2D eigenvalue weighted by Crippen LogP contribution is -2.17. The van der Waals surface area contributed by atoms with Crippen molar-refractivity contribution in [2.24, 2.45) is 0 Å². The topological polar surface area (TPSA) is 64.3 Å². The fourth-order valence-electron chi connectivity index (χ4n) is 2.34. The van der Waals surface area contributed by atoms with Gasteiger partial charge in [0.2, 0.25) is 0 Å². The molecule has 0 radical (unpaired) electrons. The zero-order valence-corrected chi connectivity index (χ0v) is 12.5. The Labute approximate surface area is 128 Å². The van der Waals surface area contributed by atoms with Crippen molar-refractivity contribution in [2.75, 3.05) is 5.75 Å². The van der Waals surface area contributed by atoms with Crippen molar-refractivity contribution in [1.82, 2.24) is 0 Å². The maximum Gasteiger partial charge on any atom is 0.177 e. The Hall–Kier alpha value is -2.40. The van der Waals surface area contributed by atoms with E-state index in [4.69, 9.17) is 4.42 Å². The summed E-state index contributed by atoms with van der Waals surface area (Å²) in [6.45, 7) is 0. The molecule has 0 unspecified atom stereocenters. The second-order valence-electron chi connectivity index (χ2n) is 5.08. The highest BCUT2D eigenvalue weighted by atomic mass is 32.2. The van der Waals surface area contributed by atoms with Gasteiger partial charge in [-0.25, -0.2) is 8.42 Å². The highest BCUT2D eigenvalue weighted by Gasteiger charge is 2.20. The van der Waals surface area contributed by atoms with Crippen LogP contribution in [0.1, 0.15) is 15.9 Å². The Kier molecular flexibility index (Phi) is 3.81. The van der Waals surface area contributed by atoms with Crippen LogP contribution in [0, 0.1) is 0 Å². The predicted octanol–water partition coefficient (Wildman–Crippen LogP) is 3.23. The van der Waals surface area contributed by atoms with E-state index in [-0.39, 0.29) is 5.75 Å². The Morgan fingerprint density at radius 1 is 0.955 bits per heavy atom. The molecule has 22 heavy (non-hydrogen) atoms. The molecule has 0 atom stereocenters. The fraction of sp³-hybridized carbons (Fsp3) is 0.118. The fourth-order valence-corrected chi connectivity index (χ4v) is 3.71. The minimum atomic E-state index is -3.55. The van der Waals surface area contributed by atoms with Gasteiger partial charge in [0, 0.05) is 16.5 Å². The normalized spacial score (nSPS) is 11.6. The van der Waals surface area contributed by atoms with Crippen LogP contribution in [0.5, 0.6) is 0 Å². The molecule has 3 aromatic rings. The number of para-hydroxylation sites is 1. The van der Waals surface area contributed by atoms with Crippen LogP contribution in [0.2, 0.25) is 0 Å². The van der Waals surface area contributed by atoms with Gasteiger partial charge in [0.25, 0.3) is 0 Å². The summed E-state index contributed by atoms with van der Waals surface area (Å²) in [7, 11) is -3.55. The van der Waals surface area contributed by atoms with Gasteiger partial charge in [0.1, 0.15) is 11.3 Å². The van der Waals surface area contributed by atoms with Crippen molar-refractivity contribution in [3.8, 4) is 0 Å². The minimum absolute atomic E-state index is 0.206. The van der Waals surface area contributed by atoms with Crippen molar-refractivity contribution >= 4 is 26.6 Å². The Morgan fingerprint density at radius 2 is 1.64 bits per heavy atom. The van der Waals surface area contributed by atoms with Gasteiger partial charge in [-0.2, -0.15) is 0 Å². The van der Waals surface area contributed by atoms with Gasteiger partial charge in [-0.1, -0.05) is 48.5 Å². The van der Waals surface area contributed by atoms with Crippen LogP contribution in [-0.4, -0.2) is 20.0 Å². The third-order valence-corrected chi connectivity index (χ3v) is 4.84. The molecule has 1 aromatic heterocycles. The molecule has 0 aliphatic heterocycles. The number of Topliss-reactive ketones (excluding diaryl/α,β-unsaturated/α-hetero) is 1. The van der Waals surface area contributed by atoms with Gasteiger partial charge >= 0.3 is 0 Å². The summed E-state index contributed by atoms with van der Waals surface area (Å²) in [6, 6.07) is 15.7. The number of carbonyl (C=O) groups is 1. The maximum absolute atomic E-state index is 12.3. The van der Waals surface area contributed by atoms with E-state index in [2.05, 4.69) is 0 Å². The molecule has 0 saturated carbocycles. The average Bonchev–Trinajstić information content (AvgIpc) is 2.90. The molecular weight excluding hydrogens is 300 g/mol. The molecule has 3 rings (SSSR count). The first kappa shape index (κ1) is 14.5. The van der Waals surface area contributed by atoms with E-state index in [1.54, 1.807) is 36.4 Å². The first-order chi connectivity index (χ1) is 10.6. The third-order valence-electron chi connectivity index (χ3n) is 3.38. The summed E-state index contributed by atoms with van der Waals surface area (Å²) in [6.07, 6.45) is 1.44. The number of furan rings is 1. The van der Waals surface area contributed by atoms with E-state index in [0.29, 0.717) is 16.7 Å². The molecule has 1 heterocycles. The Balaban J connectivity index is 1.81. The molecule has 0 saturated heterocycles. The van der Waals surface area contributed by atoms with E-state index in [0.717, 1.165) is 5.39 Å². The number of benzene rings is 2. The van der Waals surface area contributed by atoms with E-state index in [1.807, 2.05) is 18.2 Å². The SMILES string of the molecule is O=C(CS(=O)(=O)Cc1coc2ccccc12)c1ccccc1. The first-order valence-corrected chi connectivity index (χ1v) is 8.61. The van der Waals surface area contributed by atoms with Crippen LogP contribution in [-0.2, 0) is 15.6 Å². The molecule has 0 N–H and O–H groups in total. The molecule has 0 spiro atoms. The van der Waals surface area contributed by atoms with Crippen LogP contribution >= 0.6 is 0 Å². The van der Waals surface area contributed by atoms with E-state index in [1.165, 1.54) is 6.26 Å². The molecule has 5 heteroatoms. The van der Waals surface area contributed by atoms with Crippen LogP contribution < -0.4 is 0 Å². The molecule has 0 aliphatic rings. The van der Waals surface area contributed by atoms with Crippen molar-refractivity contribution in [1.29, 1.82) is 0 Å². The molecule has 0 fully saturated rings. The second-order valence-corrected chi connectivity index (χ2v) is 7.14.